The summed E-state index contributed by atoms with van der Waals surface area (Å²) in [6.07, 6.45) is 10.4. The number of aromatic nitrogens is 2. The zero-order chi connectivity index (χ0) is 12.3. The van der Waals surface area contributed by atoms with Gasteiger partial charge in [-0.15, -0.1) is 0 Å². The Labute approximate surface area is 105 Å². The molecule has 1 saturated carbocycles. The predicted molar refractivity (Wildman–Crippen MR) is 71.3 cm³/mol. The summed E-state index contributed by atoms with van der Waals surface area (Å²) in [5, 5.41) is 3.39. The molecular formula is C14H25N3. The molecule has 1 aliphatic carbocycles. The molecule has 1 aliphatic rings. The maximum absolute atomic E-state index is 4.35. The van der Waals surface area contributed by atoms with E-state index in [2.05, 4.69) is 42.0 Å². The van der Waals surface area contributed by atoms with Gasteiger partial charge in [-0.1, -0.05) is 13.8 Å². The van der Waals surface area contributed by atoms with Crippen LogP contribution in [0.15, 0.2) is 12.5 Å². The monoisotopic (exact) mass is 235 g/mol. The van der Waals surface area contributed by atoms with Gasteiger partial charge in [-0.3, -0.25) is 0 Å². The SMILES string of the molecule is CCC(C)c1cncn1C1CCC(NC)CC1. The molecule has 0 saturated heterocycles. The van der Waals surface area contributed by atoms with Crippen LogP contribution in [0.2, 0.25) is 0 Å². The topological polar surface area (TPSA) is 29.9 Å². The fraction of sp³-hybridized carbons (Fsp3) is 0.786. The molecule has 0 aliphatic heterocycles. The molecule has 1 atom stereocenters. The summed E-state index contributed by atoms with van der Waals surface area (Å²) in [5.41, 5.74) is 1.42. The number of hydrogen-bond donors (Lipinski definition) is 1. The lowest BCUT2D eigenvalue weighted by molar-refractivity contribution is 0.294. The van der Waals surface area contributed by atoms with Crippen molar-refractivity contribution in [3.63, 3.8) is 0 Å². The van der Waals surface area contributed by atoms with Crippen molar-refractivity contribution in [2.24, 2.45) is 0 Å². The Balaban J connectivity index is 2.05. The van der Waals surface area contributed by atoms with Crippen molar-refractivity contribution >= 4 is 0 Å². The van der Waals surface area contributed by atoms with E-state index in [0.29, 0.717) is 12.0 Å². The normalized spacial score (nSPS) is 27.0. The van der Waals surface area contributed by atoms with Crippen LogP contribution in [0.4, 0.5) is 0 Å². The minimum Gasteiger partial charge on any atom is -0.331 e. The summed E-state index contributed by atoms with van der Waals surface area (Å²) in [6, 6.07) is 1.40. The number of imidazole rings is 1. The van der Waals surface area contributed by atoms with Crippen molar-refractivity contribution in [1.29, 1.82) is 0 Å². The Morgan fingerprint density at radius 2 is 2.12 bits per heavy atom. The Morgan fingerprint density at radius 1 is 1.41 bits per heavy atom. The summed E-state index contributed by atoms with van der Waals surface area (Å²) >= 11 is 0. The third-order valence-corrected chi connectivity index (χ3v) is 4.31. The molecule has 1 aromatic rings. The highest BCUT2D eigenvalue weighted by molar-refractivity contribution is 5.07. The number of nitrogens with one attached hydrogen (secondary N) is 1. The van der Waals surface area contributed by atoms with Gasteiger partial charge in [-0.25, -0.2) is 4.98 Å². The molecule has 0 spiro atoms. The Morgan fingerprint density at radius 3 is 2.71 bits per heavy atom. The van der Waals surface area contributed by atoms with Crippen LogP contribution in [0.3, 0.4) is 0 Å². The second-order valence-electron chi connectivity index (χ2n) is 5.33. The third kappa shape index (κ3) is 2.71. The fourth-order valence-electron chi connectivity index (χ4n) is 2.85. The molecule has 1 heterocycles. The van der Waals surface area contributed by atoms with E-state index in [1.54, 1.807) is 0 Å². The van der Waals surface area contributed by atoms with E-state index in [-0.39, 0.29) is 0 Å². The van der Waals surface area contributed by atoms with E-state index in [9.17, 15) is 0 Å². The molecule has 0 bridgehead atoms. The predicted octanol–water partition coefficient (Wildman–Crippen LogP) is 3.10. The molecular weight excluding hydrogens is 210 g/mol. The van der Waals surface area contributed by atoms with Crippen molar-refractivity contribution in [2.45, 2.75) is 64.0 Å². The van der Waals surface area contributed by atoms with Crippen molar-refractivity contribution in [1.82, 2.24) is 14.9 Å². The van der Waals surface area contributed by atoms with Crippen molar-refractivity contribution in [2.75, 3.05) is 7.05 Å². The van der Waals surface area contributed by atoms with Crippen molar-refractivity contribution in [3.05, 3.63) is 18.2 Å². The lowest BCUT2D eigenvalue weighted by atomic mass is 9.90. The van der Waals surface area contributed by atoms with Gasteiger partial charge in [0.15, 0.2) is 0 Å². The van der Waals surface area contributed by atoms with Crippen LogP contribution in [0.25, 0.3) is 0 Å². The van der Waals surface area contributed by atoms with E-state index in [4.69, 9.17) is 0 Å². The van der Waals surface area contributed by atoms with Gasteiger partial charge in [0.25, 0.3) is 0 Å². The first kappa shape index (κ1) is 12.6. The molecule has 2 rings (SSSR count). The molecule has 3 nitrogen and oxygen atoms in total. The van der Waals surface area contributed by atoms with E-state index in [1.165, 1.54) is 37.8 Å². The van der Waals surface area contributed by atoms with Gasteiger partial charge in [0.05, 0.1) is 6.33 Å². The Kier molecular flexibility index (Phi) is 4.21. The molecule has 0 amide bonds. The molecule has 1 fully saturated rings. The molecule has 1 unspecified atom stereocenters. The molecule has 1 N–H and O–H groups in total. The van der Waals surface area contributed by atoms with Gasteiger partial charge in [0.1, 0.15) is 0 Å². The highest BCUT2D eigenvalue weighted by Crippen LogP contribution is 2.31. The van der Waals surface area contributed by atoms with Gasteiger partial charge < -0.3 is 9.88 Å². The second kappa shape index (κ2) is 5.67. The van der Waals surface area contributed by atoms with Gasteiger partial charge in [0.2, 0.25) is 0 Å². The third-order valence-electron chi connectivity index (χ3n) is 4.31. The smallest absolute Gasteiger partial charge is 0.0950 e. The lowest BCUT2D eigenvalue weighted by Crippen LogP contribution is -2.31. The van der Waals surface area contributed by atoms with Crippen molar-refractivity contribution < 1.29 is 0 Å². The Hall–Kier alpha value is -0.830. The van der Waals surface area contributed by atoms with Crippen molar-refractivity contribution in [3.8, 4) is 0 Å². The molecule has 96 valence electrons. The summed E-state index contributed by atoms with van der Waals surface area (Å²) < 4.78 is 2.43. The zero-order valence-corrected chi connectivity index (χ0v) is 11.3. The second-order valence-corrected chi connectivity index (χ2v) is 5.33. The first-order valence-electron chi connectivity index (χ1n) is 6.95. The van der Waals surface area contributed by atoms with Gasteiger partial charge in [-0.2, -0.15) is 0 Å². The average Bonchev–Trinajstić information content (AvgIpc) is 2.87. The first-order chi connectivity index (χ1) is 8.26. The van der Waals surface area contributed by atoms with E-state index in [0.717, 1.165) is 6.04 Å². The zero-order valence-electron chi connectivity index (χ0n) is 11.3. The van der Waals surface area contributed by atoms with Gasteiger partial charge >= 0.3 is 0 Å². The van der Waals surface area contributed by atoms with Gasteiger partial charge in [0, 0.05) is 24.0 Å². The fourth-order valence-corrected chi connectivity index (χ4v) is 2.85. The van der Waals surface area contributed by atoms with Crippen LogP contribution in [-0.2, 0) is 0 Å². The first-order valence-corrected chi connectivity index (χ1v) is 6.95. The highest BCUT2D eigenvalue weighted by atomic mass is 15.1. The molecule has 0 radical (unpaired) electrons. The van der Waals surface area contributed by atoms with E-state index in [1.807, 2.05) is 6.33 Å². The van der Waals surface area contributed by atoms with E-state index >= 15 is 0 Å². The molecule has 17 heavy (non-hydrogen) atoms. The number of nitrogens with zero attached hydrogens (tertiary/aromatic N) is 2. The quantitative estimate of drug-likeness (QED) is 0.869. The van der Waals surface area contributed by atoms with Crippen LogP contribution in [0, 0.1) is 0 Å². The molecule has 0 aromatic carbocycles. The van der Waals surface area contributed by atoms with Crippen LogP contribution in [0.5, 0.6) is 0 Å². The van der Waals surface area contributed by atoms with Gasteiger partial charge in [-0.05, 0) is 45.1 Å². The van der Waals surface area contributed by atoms with Crippen LogP contribution < -0.4 is 5.32 Å². The maximum Gasteiger partial charge on any atom is 0.0950 e. The van der Waals surface area contributed by atoms with E-state index < -0.39 is 0 Å². The summed E-state index contributed by atoms with van der Waals surface area (Å²) in [6.45, 7) is 4.55. The number of hydrogen-bond acceptors (Lipinski definition) is 2. The van der Waals surface area contributed by atoms with Crippen LogP contribution >= 0.6 is 0 Å². The highest BCUT2D eigenvalue weighted by Gasteiger charge is 2.23. The van der Waals surface area contributed by atoms with Crippen LogP contribution in [0.1, 0.15) is 63.6 Å². The standard InChI is InChI=1S/C14H25N3/c1-4-11(2)14-9-16-10-17(14)13-7-5-12(15-3)6-8-13/h9-13,15H,4-8H2,1-3H3. The minimum absolute atomic E-state index is 0.625. The number of rotatable bonds is 4. The lowest BCUT2D eigenvalue weighted by Gasteiger charge is -2.30. The Bertz CT molecular complexity index is 337. The molecule has 3 heteroatoms. The summed E-state index contributed by atoms with van der Waals surface area (Å²) in [5.74, 6) is 0.625. The minimum atomic E-state index is 0.625. The summed E-state index contributed by atoms with van der Waals surface area (Å²) in [7, 11) is 2.08. The molecule has 1 aromatic heterocycles. The van der Waals surface area contributed by atoms with Crippen LogP contribution in [-0.4, -0.2) is 22.6 Å². The summed E-state index contributed by atoms with van der Waals surface area (Å²) in [4.78, 5) is 4.35. The average molecular weight is 235 g/mol. The largest absolute Gasteiger partial charge is 0.331 e. The maximum atomic E-state index is 4.35.